The first-order valence-corrected chi connectivity index (χ1v) is 13.8. The van der Waals surface area contributed by atoms with E-state index in [2.05, 4.69) is 53.4 Å². The van der Waals surface area contributed by atoms with Crippen molar-refractivity contribution < 1.29 is 14.4 Å². The number of benzene rings is 4. The van der Waals surface area contributed by atoms with Crippen LogP contribution >= 0.6 is 0 Å². The number of hydrogen-bond acceptors (Lipinski definition) is 4. The Hall–Kier alpha value is -4.55. The maximum absolute atomic E-state index is 14.1. The van der Waals surface area contributed by atoms with E-state index in [9.17, 15) is 14.4 Å². The van der Waals surface area contributed by atoms with Gasteiger partial charge in [-0.1, -0.05) is 103 Å². The van der Waals surface area contributed by atoms with Crippen LogP contribution in [0.15, 0.2) is 115 Å². The van der Waals surface area contributed by atoms with Crippen LogP contribution in [0, 0.1) is 0 Å². The van der Waals surface area contributed by atoms with Crippen LogP contribution in [0.1, 0.15) is 43.4 Å². The molecular weight excluding hydrogens is 498 g/mol. The first kappa shape index (κ1) is 25.7. The summed E-state index contributed by atoms with van der Waals surface area (Å²) in [6.07, 6.45) is 0.280. The van der Waals surface area contributed by atoms with E-state index in [1.165, 1.54) is 16.0 Å². The summed E-state index contributed by atoms with van der Waals surface area (Å²) in [5, 5.41) is 0. The zero-order valence-corrected chi connectivity index (χ0v) is 22.2. The quantitative estimate of drug-likeness (QED) is 0.322. The van der Waals surface area contributed by atoms with Crippen molar-refractivity contribution in [2.75, 3.05) is 26.2 Å². The van der Waals surface area contributed by atoms with Gasteiger partial charge in [0.1, 0.15) is 6.04 Å². The molecule has 6 nitrogen and oxygen atoms in total. The number of imide groups is 1. The van der Waals surface area contributed by atoms with Crippen molar-refractivity contribution in [1.29, 1.82) is 0 Å². The number of carbonyl (C=O) groups is 3. The van der Waals surface area contributed by atoms with Gasteiger partial charge in [0, 0.05) is 32.6 Å². The van der Waals surface area contributed by atoms with Gasteiger partial charge in [0.05, 0.1) is 17.2 Å². The SMILES string of the molecule is O=C([C@H](Cc1ccccc1)N1C(=O)c2ccccc2C1=O)N1CCN(C(c2ccccc2)c2ccccc2)CC1. The number of amides is 3. The Labute approximate surface area is 234 Å². The van der Waals surface area contributed by atoms with Gasteiger partial charge in [-0.15, -0.1) is 0 Å². The van der Waals surface area contributed by atoms with Crippen LogP contribution in [0.25, 0.3) is 0 Å². The molecule has 1 atom stereocenters. The lowest BCUT2D eigenvalue weighted by atomic mass is 9.96. The van der Waals surface area contributed by atoms with Crippen LogP contribution in [0.5, 0.6) is 0 Å². The van der Waals surface area contributed by atoms with Crippen LogP contribution in [0.3, 0.4) is 0 Å². The van der Waals surface area contributed by atoms with Gasteiger partial charge in [-0.05, 0) is 28.8 Å². The molecule has 3 amide bonds. The predicted octanol–water partition coefficient (Wildman–Crippen LogP) is 4.83. The number of carbonyl (C=O) groups excluding carboxylic acids is 3. The zero-order valence-electron chi connectivity index (χ0n) is 22.2. The summed E-state index contributed by atoms with van der Waals surface area (Å²) in [6, 6.07) is 36.4. The third kappa shape index (κ3) is 4.94. The van der Waals surface area contributed by atoms with Crippen molar-refractivity contribution in [1.82, 2.24) is 14.7 Å². The van der Waals surface area contributed by atoms with Gasteiger partial charge in [0.25, 0.3) is 11.8 Å². The first-order valence-electron chi connectivity index (χ1n) is 13.8. The zero-order chi connectivity index (χ0) is 27.5. The Morgan fingerprint density at radius 3 is 1.55 bits per heavy atom. The fourth-order valence-electron chi connectivity index (χ4n) is 5.91. The van der Waals surface area contributed by atoms with Gasteiger partial charge in [0.2, 0.25) is 5.91 Å². The van der Waals surface area contributed by atoms with E-state index in [-0.39, 0.29) is 18.4 Å². The molecular formula is C34H31N3O3. The molecule has 0 bridgehead atoms. The standard InChI is InChI=1S/C34H31N3O3/c38-32-28-18-10-11-19-29(28)33(39)37(32)30(24-25-12-4-1-5-13-25)34(40)36-22-20-35(21-23-36)31(26-14-6-2-7-15-26)27-16-8-3-9-17-27/h1-19,30-31H,20-24H2/t30-/m0/s1. The third-order valence-corrected chi connectivity index (χ3v) is 7.92. The molecule has 0 unspecified atom stereocenters. The summed E-state index contributed by atoms with van der Waals surface area (Å²) < 4.78 is 0. The summed E-state index contributed by atoms with van der Waals surface area (Å²) in [6.45, 7) is 2.40. The summed E-state index contributed by atoms with van der Waals surface area (Å²) in [4.78, 5) is 46.3. The van der Waals surface area contributed by atoms with E-state index in [1.807, 2.05) is 47.4 Å². The van der Waals surface area contributed by atoms with E-state index < -0.39 is 17.9 Å². The molecule has 6 heteroatoms. The second-order valence-corrected chi connectivity index (χ2v) is 10.3. The average Bonchev–Trinajstić information content (AvgIpc) is 3.27. The molecule has 6 rings (SSSR count). The van der Waals surface area contributed by atoms with E-state index in [1.54, 1.807) is 24.3 Å². The highest BCUT2D eigenvalue weighted by molar-refractivity contribution is 6.22. The predicted molar refractivity (Wildman–Crippen MR) is 154 cm³/mol. The van der Waals surface area contributed by atoms with Crippen LogP contribution < -0.4 is 0 Å². The molecule has 200 valence electrons. The molecule has 4 aromatic rings. The maximum Gasteiger partial charge on any atom is 0.262 e. The van der Waals surface area contributed by atoms with Crippen molar-refractivity contribution in [3.63, 3.8) is 0 Å². The molecule has 2 heterocycles. The molecule has 1 saturated heterocycles. The lowest BCUT2D eigenvalue weighted by Crippen LogP contribution is -2.57. The van der Waals surface area contributed by atoms with Crippen molar-refractivity contribution in [2.45, 2.75) is 18.5 Å². The lowest BCUT2D eigenvalue weighted by Gasteiger charge is -2.41. The van der Waals surface area contributed by atoms with E-state index >= 15 is 0 Å². The normalized spacial score (nSPS) is 16.3. The fraction of sp³-hybridized carbons (Fsp3) is 0.206. The molecule has 0 aliphatic carbocycles. The number of nitrogens with zero attached hydrogens (tertiary/aromatic N) is 3. The smallest absolute Gasteiger partial charge is 0.262 e. The highest BCUT2D eigenvalue weighted by atomic mass is 16.2. The maximum atomic E-state index is 14.1. The van der Waals surface area contributed by atoms with Gasteiger partial charge in [0.15, 0.2) is 0 Å². The highest BCUT2D eigenvalue weighted by Crippen LogP contribution is 2.31. The van der Waals surface area contributed by atoms with Crippen molar-refractivity contribution >= 4 is 17.7 Å². The largest absolute Gasteiger partial charge is 0.338 e. The number of hydrogen-bond donors (Lipinski definition) is 0. The summed E-state index contributed by atoms with van der Waals surface area (Å²) in [5.41, 5.74) is 4.04. The number of rotatable bonds is 7. The van der Waals surface area contributed by atoms with E-state index in [0.717, 1.165) is 5.56 Å². The molecule has 0 saturated carbocycles. The van der Waals surface area contributed by atoms with Crippen molar-refractivity contribution in [2.24, 2.45) is 0 Å². The molecule has 40 heavy (non-hydrogen) atoms. The van der Waals surface area contributed by atoms with Crippen LogP contribution in [0.4, 0.5) is 0 Å². The van der Waals surface area contributed by atoms with Gasteiger partial charge in [-0.25, -0.2) is 0 Å². The molecule has 2 aliphatic heterocycles. The van der Waals surface area contributed by atoms with Gasteiger partial charge in [-0.3, -0.25) is 24.2 Å². The monoisotopic (exact) mass is 529 g/mol. The molecule has 2 aliphatic rings. The summed E-state index contributed by atoms with van der Waals surface area (Å²) in [5.74, 6) is -0.988. The molecule has 1 fully saturated rings. The van der Waals surface area contributed by atoms with Gasteiger partial charge >= 0.3 is 0 Å². The molecule has 0 spiro atoms. The van der Waals surface area contributed by atoms with Crippen LogP contribution in [0.2, 0.25) is 0 Å². The minimum atomic E-state index is -0.902. The minimum Gasteiger partial charge on any atom is -0.338 e. The number of fused-ring (bicyclic) bond motifs is 1. The fourth-order valence-corrected chi connectivity index (χ4v) is 5.91. The van der Waals surface area contributed by atoms with E-state index in [0.29, 0.717) is 37.3 Å². The minimum absolute atomic E-state index is 0.0796. The Morgan fingerprint density at radius 1 is 0.600 bits per heavy atom. The topological polar surface area (TPSA) is 60.9 Å². The molecule has 4 aromatic carbocycles. The Kier molecular flexibility index (Phi) is 7.25. The molecule has 0 radical (unpaired) electrons. The third-order valence-electron chi connectivity index (χ3n) is 7.92. The summed E-state index contributed by atoms with van der Waals surface area (Å²) >= 11 is 0. The second-order valence-electron chi connectivity index (χ2n) is 10.3. The Balaban J connectivity index is 1.24. The molecule has 0 aromatic heterocycles. The second kappa shape index (κ2) is 11.3. The van der Waals surface area contributed by atoms with Gasteiger partial charge in [-0.2, -0.15) is 0 Å². The lowest BCUT2D eigenvalue weighted by molar-refractivity contribution is -0.137. The van der Waals surface area contributed by atoms with Crippen molar-refractivity contribution in [3.05, 3.63) is 143 Å². The average molecular weight is 530 g/mol. The number of piperazine rings is 1. The Morgan fingerprint density at radius 2 is 1.05 bits per heavy atom. The van der Waals surface area contributed by atoms with E-state index in [4.69, 9.17) is 0 Å². The Bertz CT molecular complexity index is 1420. The molecule has 0 N–H and O–H groups in total. The highest BCUT2D eigenvalue weighted by Gasteiger charge is 2.44. The van der Waals surface area contributed by atoms with Crippen LogP contribution in [-0.4, -0.2) is 64.6 Å². The van der Waals surface area contributed by atoms with Gasteiger partial charge < -0.3 is 4.90 Å². The summed E-state index contributed by atoms with van der Waals surface area (Å²) in [7, 11) is 0. The van der Waals surface area contributed by atoms with Crippen molar-refractivity contribution in [3.8, 4) is 0 Å². The van der Waals surface area contributed by atoms with Crippen LogP contribution in [-0.2, 0) is 11.2 Å². The first-order chi connectivity index (χ1) is 19.6.